The lowest BCUT2D eigenvalue weighted by molar-refractivity contribution is -0.0779. The van der Waals surface area contributed by atoms with Crippen LogP contribution in [0.5, 0.6) is 5.75 Å². The first-order valence-corrected chi connectivity index (χ1v) is 6.88. The average Bonchev–Trinajstić information content (AvgIpc) is 2.92. The molecule has 3 rings (SSSR count). The highest BCUT2D eigenvalue weighted by molar-refractivity contribution is 6.35. The summed E-state index contributed by atoms with van der Waals surface area (Å²) in [7, 11) is 0. The van der Waals surface area contributed by atoms with Gasteiger partial charge in [0.2, 0.25) is 0 Å². The van der Waals surface area contributed by atoms with Gasteiger partial charge in [-0.1, -0.05) is 11.6 Å². The molecule has 7 heteroatoms. The van der Waals surface area contributed by atoms with Gasteiger partial charge in [0.1, 0.15) is 17.1 Å². The lowest BCUT2D eigenvalue weighted by atomic mass is 10.2. The van der Waals surface area contributed by atoms with E-state index < -0.39 is 18.1 Å². The normalized spacial score (nSPS) is 12.3. The molecule has 1 unspecified atom stereocenters. The van der Waals surface area contributed by atoms with Crippen LogP contribution in [-0.4, -0.2) is 16.2 Å². The molecule has 118 valence electrons. The Morgan fingerprint density at radius 2 is 1.91 bits per heavy atom. The summed E-state index contributed by atoms with van der Waals surface area (Å²) in [6.07, 6.45) is -1.67. The highest BCUT2D eigenvalue weighted by Gasteiger charge is 2.20. The van der Waals surface area contributed by atoms with E-state index in [1.807, 2.05) is 0 Å². The van der Waals surface area contributed by atoms with Gasteiger partial charge in [-0.25, -0.2) is 9.18 Å². The Bertz CT molecular complexity index is 872. The van der Waals surface area contributed by atoms with E-state index in [0.717, 1.165) is 12.1 Å². The quantitative estimate of drug-likeness (QED) is 0.562. The molecule has 1 atom stereocenters. The standard InChI is InChI=1S/C16H10ClFO5/c17-12-5-10(19)6-13-11(12)7-14(22-13)16(21)23-15(20)8-1-3-9(18)4-2-8/h1-7,16,19,21H. The molecule has 2 N–H and O–H groups in total. The van der Waals surface area contributed by atoms with Gasteiger partial charge in [0.25, 0.3) is 6.29 Å². The van der Waals surface area contributed by atoms with Crippen molar-refractivity contribution in [3.63, 3.8) is 0 Å². The first kappa shape index (κ1) is 15.3. The van der Waals surface area contributed by atoms with Gasteiger partial charge in [0, 0.05) is 11.5 Å². The molecule has 0 fully saturated rings. The fourth-order valence-electron chi connectivity index (χ4n) is 2.04. The third kappa shape index (κ3) is 3.13. The highest BCUT2D eigenvalue weighted by Crippen LogP contribution is 2.33. The molecule has 23 heavy (non-hydrogen) atoms. The Balaban J connectivity index is 1.83. The summed E-state index contributed by atoms with van der Waals surface area (Å²) in [5, 5.41) is 20.1. The largest absolute Gasteiger partial charge is 0.508 e. The second-order valence-electron chi connectivity index (χ2n) is 4.75. The molecule has 0 aliphatic carbocycles. The minimum absolute atomic E-state index is 0.0528. The van der Waals surface area contributed by atoms with Crippen LogP contribution in [0, 0.1) is 5.82 Å². The number of aromatic hydroxyl groups is 1. The van der Waals surface area contributed by atoms with E-state index in [1.54, 1.807) is 0 Å². The zero-order valence-corrected chi connectivity index (χ0v) is 12.2. The fraction of sp³-hybridized carbons (Fsp3) is 0.0625. The maximum absolute atomic E-state index is 12.8. The van der Waals surface area contributed by atoms with E-state index in [4.69, 9.17) is 20.8 Å². The summed E-state index contributed by atoms with van der Waals surface area (Å²) < 4.78 is 23.0. The summed E-state index contributed by atoms with van der Waals surface area (Å²) in [5.74, 6) is -1.48. The molecule has 0 saturated heterocycles. The molecule has 0 bridgehead atoms. The summed E-state index contributed by atoms with van der Waals surface area (Å²) in [4.78, 5) is 11.9. The van der Waals surface area contributed by atoms with Crippen molar-refractivity contribution >= 4 is 28.5 Å². The molecule has 0 aliphatic rings. The van der Waals surface area contributed by atoms with Gasteiger partial charge in [-0.15, -0.1) is 0 Å². The molecule has 0 amide bonds. The Morgan fingerprint density at radius 3 is 2.61 bits per heavy atom. The molecule has 0 saturated carbocycles. The van der Waals surface area contributed by atoms with Crippen LogP contribution in [0.25, 0.3) is 11.0 Å². The Labute approximate surface area is 134 Å². The first-order chi connectivity index (χ1) is 10.9. The zero-order chi connectivity index (χ0) is 16.6. The van der Waals surface area contributed by atoms with Crippen molar-refractivity contribution in [2.24, 2.45) is 0 Å². The second-order valence-corrected chi connectivity index (χ2v) is 5.16. The van der Waals surface area contributed by atoms with Crippen LogP contribution < -0.4 is 0 Å². The molecule has 2 aromatic carbocycles. The molecule has 3 aromatic rings. The maximum Gasteiger partial charge on any atom is 0.340 e. The van der Waals surface area contributed by atoms with Gasteiger partial charge < -0.3 is 19.4 Å². The third-order valence-electron chi connectivity index (χ3n) is 3.13. The number of ether oxygens (including phenoxy) is 1. The van der Waals surface area contributed by atoms with E-state index in [-0.39, 0.29) is 27.7 Å². The maximum atomic E-state index is 12.8. The first-order valence-electron chi connectivity index (χ1n) is 6.50. The van der Waals surface area contributed by atoms with Crippen LogP contribution in [0.2, 0.25) is 5.02 Å². The van der Waals surface area contributed by atoms with Crippen LogP contribution in [0.3, 0.4) is 0 Å². The van der Waals surface area contributed by atoms with E-state index in [1.165, 1.54) is 30.3 Å². The van der Waals surface area contributed by atoms with Crippen molar-refractivity contribution < 1.29 is 28.6 Å². The summed E-state index contributed by atoms with van der Waals surface area (Å²) in [6, 6.07) is 8.72. The van der Waals surface area contributed by atoms with Gasteiger partial charge >= 0.3 is 5.97 Å². The number of esters is 1. The van der Waals surface area contributed by atoms with Gasteiger partial charge in [-0.05, 0) is 36.4 Å². The van der Waals surface area contributed by atoms with Gasteiger partial charge in [-0.3, -0.25) is 0 Å². The predicted octanol–water partition coefficient (Wildman–Crippen LogP) is 3.78. The number of furan rings is 1. The Hall–Kier alpha value is -2.57. The number of aliphatic hydroxyl groups is 1. The topological polar surface area (TPSA) is 79.9 Å². The van der Waals surface area contributed by atoms with Crippen molar-refractivity contribution in [3.05, 3.63) is 64.6 Å². The van der Waals surface area contributed by atoms with Crippen LogP contribution in [0.15, 0.2) is 46.9 Å². The highest BCUT2D eigenvalue weighted by atomic mass is 35.5. The molecule has 5 nitrogen and oxygen atoms in total. The van der Waals surface area contributed by atoms with Crippen LogP contribution in [0.1, 0.15) is 22.4 Å². The van der Waals surface area contributed by atoms with Crippen LogP contribution in [-0.2, 0) is 4.74 Å². The summed E-state index contributed by atoms with van der Waals surface area (Å²) >= 11 is 5.95. The minimum Gasteiger partial charge on any atom is -0.508 e. The Kier molecular flexibility index (Phi) is 3.94. The van der Waals surface area contributed by atoms with Crippen molar-refractivity contribution in [3.8, 4) is 5.75 Å². The number of phenolic OH excluding ortho intramolecular Hbond substituents is 1. The van der Waals surface area contributed by atoms with Crippen molar-refractivity contribution in [1.82, 2.24) is 0 Å². The van der Waals surface area contributed by atoms with E-state index in [2.05, 4.69) is 0 Å². The molecule has 0 radical (unpaired) electrons. The molecule has 0 aliphatic heterocycles. The molecule has 1 heterocycles. The van der Waals surface area contributed by atoms with Gasteiger partial charge in [0.05, 0.1) is 10.6 Å². The summed E-state index contributed by atoms with van der Waals surface area (Å²) in [6.45, 7) is 0. The second kappa shape index (κ2) is 5.91. The third-order valence-corrected chi connectivity index (χ3v) is 3.45. The molecular formula is C16H10ClFO5. The average molecular weight is 337 g/mol. The number of rotatable bonds is 3. The minimum atomic E-state index is -1.67. The molecule has 1 aromatic heterocycles. The van der Waals surface area contributed by atoms with E-state index in [0.29, 0.717) is 5.39 Å². The number of hydrogen-bond acceptors (Lipinski definition) is 5. The SMILES string of the molecule is O=C(OC(O)c1cc2c(Cl)cc(O)cc2o1)c1ccc(F)cc1. The van der Waals surface area contributed by atoms with Crippen LogP contribution >= 0.6 is 11.6 Å². The smallest absolute Gasteiger partial charge is 0.340 e. The number of fused-ring (bicyclic) bond motifs is 1. The fourth-order valence-corrected chi connectivity index (χ4v) is 2.30. The van der Waals surface area contributed by atoms with Crippen molar-refractivity contribution in [2.75, 3.05) is 0 Å². The lowest BCUT2D eigenvalue weighted by Gasteiger charge is -2.09. The summed E-state index contributed by atoms with van der Waals surface area (Å²) in [5.41, 5.74) is 0.319. The number of aliphatic hydroxyl groups excluding tert-OH is 1. The number of benzene rings is 2. The van der Waals surface area contributed by atoms with E-state index >= 15 is 0 Å². The number of hydrogen-bond donors (Lipinski definition) is 2. The number of phenols is 1. The Morgan fingerprint density at radius 1 is 1.22 bits per heavy atom. The lowest BCUT2D eigenvalue weighted by Crippen LogP contribution is -2.10. The van der Waals surface area contributed by atoms with E-state index in [9.17, 15) is 19.4 Å². The van der Waals surface area contributed by atoms with Crippen molar-refractivity contribution in [2.45, 2.75) is 6.29 Å². The molecular weight excluding hydrogens is 327 g/mol. The monoisotopic (exact) mass is 336 g/mol. The van der Waals surface area contributed by atoms with Gasteiger partial charge in [0.15, 0.2) is 5.76 Å². The number of carbonyl (C=O) groups is 1. The number of carbonyl (C=O) groups excluding carboxylic acids is 1. The van der Waals surface area contributed by atoms with Crippen molar-refractivity contribution in [1.29, 1.82) is 0 Å². The van der Waals surface area contributed by atoms with Crippen LogP contribution in [0.4, 0.5) is 4.39 Å². The zero-order valence-electron chi connectivity index (χ0n) is 11.5. The molecule has 0 spiro atoms. The van der Waals surface area contributed by atoms with Gasteiger partial charge in [-0.2, -0.15) is 0 Å². The predicted molar refractivity (Wildman–Crippen MR) is 79.7 cm³/mol. The number of halogens is 2.